The second-order valence-electron chi connectivity index (χ2n) is 6.93. The van der Waals surface area contributed by atoms with Crippen molar-refractivity contribution in [3.05, 3.63) is 29.8 Å². The van der Waals surface area contributed by atoms with Gasteiger partial charge in [0, 0.05) is 44.4 Å². The lowest BCUT2D eigenvalue weighted by Crippen LogP contribution is -2.50. The van der Waals surface area contributed by atoms with Crippen LogP contribution in [0.15, 0.2) is 29.2 Å². The molecule has 1 heterocycles. The van der Waals surface area contributed by atoms with Gasteiger partial charge in [0.1, 0.15) is 0 Å². The number of piperazine rings is 1. The second kappa shape index (κ2) is 9.85. The van der Waals surface area contributed by atoms with Crippen molar-refractivity contribution in [2.24, 2.45) is 5.73 Å². The number of nitrogens with two attached hydrogens (primary N) is 1. The largest absolute Gasteiger partial charge is 0.339 e. The number of carbonyl (C=O) groups excluding carboxylic acids is 2. The number of amides is 2. The molecule has 1 fully saturated rings. The van der Waals surface area contributed by atoms with Crippen molar-refractivity contribution in [2.75, 3.05) is 39.0 Å². The average Bonchev–Trinajstić information content (AvgIpc) is 2.66. The van der Waals surface area contributed by atoms with E-state index < -0.39 is 9.84 Å². The van der Waals surface area contributed by atoms with Gasteiger partial charge in [0.15, 0.2) is 9.84 Å². The highest BCUT2D eigenvalue weighted by atomic mass is 32.2. The molecule has 1 aromatic rings. The Hall–Kier alpha value is -1.93. The number of sulfone groups is 1. The molecular weight excluding hydrogens is 366 g/mol. The number of unbranched alkanes of at least 4 members (excludes halogenated alkanes) is 3. The lowest BCUT2D eigenvalue weighted by Gasteiger charge is -2.35. The molecule has 0 bridgehead atoms. The Morgan fingerprint density at radius 2 is 1.63 bits per heavy atom. The predicted octanol–water partition coefficient (Wildman–Crippen LogP) is 1.28. The number of benzene rings is 1. The molecule has 7 nitrogen and oxygen atoms in total. The van der Waals surface area contributed by atoms with Crippen molar-refractivity contribution in [3.8, 4) is 0 Å². The van der Waals surface area contributed by atoms with Crippen molar-refractivity contribution >= 4 is 21.7 Å². The zero-order chi connectivity index (χ0) is 19.9. The van der Waals surface area contributed by atoms with Crippen molar-refractivity contribution < 1.29 is 18.0 Å². The number of carbonyl (C=O) groups is 2. The average molecular weight is 396 g/mol. The third-order valence-corrected chi connectivity index (χ3v) is 5.88. The summed E-state index contributed by atoms with van der Waals surface area (Å²) in [6, 6.07) is 6.09. The van der Waals surface area contributed by atoms with E-state index in [1.165, 1.54) is 12.1 Å². The summed E-state index contributed by atoms with van der Waals surface area (Å²) in [4.78, 5) is 28.5. The molecule has 0 saturated carbocycles. The molecule has 150 valence electrons. The van der Waals surface area contributed by atoms with Gasteiger partial charge < -0.3 is 15.5 Å². The Labute approximate surface area is 161 Å². The van der Waals surface area contributed by atoms with Gasteiger partial charge in [-0.15, -0.1) is 0 Å². The molecule has 0 radical (unpaired) electrons. The van der Waals surface area contributed by atoms with E-state index in [2.05, 4.69) is 0 Å². The van der Waals surface area contributed by atoms with Crippen LogP contribution in [0, 0.1) is 0 Å². The van der Waals surface area contributed by atoms with Crippen LogP contribution in [0.1, 0.15) is 42.5 Å². The highest BCUT2D eigenvalue weighted by Crippen LogP contribution is 2.15. The van der Waals surface area contributed by atoms with Crippen LogP contribution in [0.3, 0.4) is 0 Å². The summed E-state index contributed by atoms with van der Waals surface area (Å²) in [5.41, 5.74) is 5.82. The van der Waals surface area contributed by atoms with E-state index >= 15 is 0 Å². The maximum atomic E-state index is 12.6. The molecule has 1 saturated heterocycles. The van der Waals surface area contributed by atoms with E-state index in [1.807, 2.05) is 0 Å². The van der Waals surface area contributed by atoms with Crippen LogP contribution in [0.25, 0.3) is 0 Å². The summed E-state index contributed by atoms with van der Waals surface area (Å²) in [6.07, 6.45) is 5.59. The Bertz CT molecular complexity index is 756. The number of hydrogen-bond donors (Lipinski definition) is 1. The van der Waals surface area contributed by atoms with Gasteiger partial charge in [-0.25, -0.2) is 8.42 Å². The zero-order valence-corrected chi connectivity index (χ0v) is 16.7. The Balaban J connectivity index is 1.85. The number of rotatable bonds is 8. The van der Waals surface area contributed by atoms with Crippen molar-refractivity contribution in [2.45, 2.75) is 37.0 Å². The summed E-state index contributed by atoms with van der Waals surface area (Å²) in [7, 11) is -3.36. The van der Waals surface area contributed by atoms with E-state index in [0.717, 1.165) is 31.9 Å². The van der Waals surface area contributed by atoms with Gasteiger partial charge in [0.2, 0.25) is 5.91 Å². The highest BCUT2D eigenvalue weighted by Gasteiger charge is 2.25. The standard InChI is InChI=1S/C19H29N3O4S/c1-27(25,26)17-8-6-7-16(15-17)19(24)22-13-11-21(12-14-22)18(23)9-4-2-3-5-10-20/h6-8,15H,2-5,9-14,20H2,1H3. The minimum atomic E-state index is -3.36. The molecule has 0 unspecified atom stereocenters. The van der Waals surface area contributed by atoms with Crippen LogP contribution in [0.2, 0.25) is 0 Å². The number of nitrogens with zero attached hydrogens (tertiary/aromatic N) is 2. The summed E-state index contributed by atoms with van der Waals surface area (Å²) < 4.78 is 23.3. The summed E-state index contributed by atoms with van der Waals surface area (Å²) in [5.74, 6) is -0.0664. The Morgan fingerprint density at radius 3 is 2.26 bits per heavy atom. The van der Waals surface area contributed by atoms with Crippen LogP contribution >= 0.6 is 0 Å². The first-order chi connectivity index (χ1) is 12.8. The van der Waals surface area contributed by atoms with Gasteiger partial charge >= 0.3 is 0 Å². The van der Waals surface area contributed by atoms with Gasteiger partial charge in [-0.2, -0.15) is 0 Å². The van der Waals surface area contributed by atoms with E-state index in [-0.39, 0.29) is 16.7 Å². The quantitative estimate of drug-likeness (QED) is 0.668. The van der Waals surface area contributed by atoms with Gasteiger partial charge in [-0.3, -0.25) is 9.59 Å². The van der Waals surface area contributed by atoms with E-state index in [1.54, 1.807) is 21.9 Å². The second-order valence-corrected chi connectivity index (χ2v) is 8.94. The molecule has 1 aromatic carbocycles. The third kappa shape index (κ3) is 6.32. The zero-order valence-electron chi connectivity index (χ0n) is 15.9. The molecule has 2 rings (SSSR count). The van der Waals surface area contributed by atoms with Crippen LogP contribution in [0.4, 0.5) is 0 Å². The van der Waals surface area contributed by atoms with Gasteiger partial charge in [0.05, 0.1) is 4.90 Å². The predicted molar refractivity (Wildman–Crippen MR) is 104 cm³/mol. The lowest BCUT2D eigenvalue weighted by atomic mass is 10.1. The molecule has 1 aliphatic heterocycles. The molecule has 0 aromatic heterocycles. The van der Waals surface area contributed by atoms with Gasteiger partial charge in [-0.1, -0.05) is 18.9 Å². The Morgan fingerprint density at radius 1 is 1.00 bits per heavy atom. The van der Waals surface area contributed by atoms with Crippen LogP contribution in [-0.2, 0) is 14.6 Å². The topological polar surface area (TPSA) is 101 Å². The van der Waals surface area contributed by atoms with Crippen LogP contribution < -0.4 is 5.73 Å². The first-order valence-electron chi connectivity index (χ1n) is 9.40. The SMILES string of the molecule is CS(=O)(=O)c1cccc(C(=O)N2CCN(C(=O)CCCCCCN)CC2)c1. The lowest BCUT2D eigenvalue weighted by molar-refractivity contribution is -0.132. The fraction of sp³-hybridized carbons (Fsp3) is 0.579. The monoisotopic (exact) mass is 395 g/mol. The molecule has 0 aliphatic carbocycles. The molecule has 2 amide bonds. The summed E-state index contributed by atoms with van der Waals surface area (Å²) >= 11 is 0. The highest BCUT2D eigenvalue weighted by molar-refractivity contribution is 7.90. The van der Waals surface area contributed by atoms with Gasteiger partial charge in [0.25, 0.3) is 5.91 Å². The fourth-order valence-corrected chi connectivity index (χ4v) is 3.80. The molecule has 8 heteroatoms. The van der Waals surface area contributed by atoms with E-state index in [0.29, 0.717) is 44.7 Å². The normalized spacial score (nSPS) is 15.0. The van der Waals surface area contributed by atoms with Crippen molar-refractivity contribution in [1.29, 1.82) is 0 Å². The first-order valence-corrected chi connectivity index (χ1v) is 11.3. The smallest absolute Gasteiger partial charge is 0.254 e. The Kier molecular flexibility index (Phi) is 7.79. The fourth-order valence-electron chi connectivity index (χ4n) is 3.13. The minimum absolute atomic E-state index is 0.133. The summed E-state index contributed by atoms with van der Waals surface area (Å²) in [6.45, 7) is 2.64. The van der Waals surface area contributed by atoms with Crippen LogP contribution in [-0.4, -0.2) is 69.0 Å². The van der Waals surface area contributed by atoms with E-state index in [4.69, 9.17) is 5.73 Å². The third-order valence-electron chi connectivity index (χ3n) is 4.77. The molecule has 2 N–H and O–H groups in total. The molecule has 0 atom stereocenters. The number of hydrogen-bond acceptors (Lipinski definition) is 5. The van der Waals surface area contributed by atoms with Crippen LogP contribution in [0.5, 0.6) is 0 Å². The van der Waals surface area contributed by atoms with Gasteiger partial charge in [-0.05, 0) is 37.6 Å². The minimum Gasteiger partial charge on any atom is -0.339 e. The first kappa shape index (κ1) is 21.4. The summed E-state index contributed by atoms with van der Waals surface area (Å²) in [5, 5.41) is 0. The van der Waals surface area contributed by atoms with Crippen molar-refractivity contribution in [3.63, 3.8) is 0 Å². The molecule has 1 aliphatic rings. The molecular formula is C19H29N3O4S. The maximum absolute atomic E-state index is 12.6. The molecule has 0 spiro atoms. The van der Waals surface area contributed by atoms with Crippen molar-refractivity contribution in [1.82, 2.24) is 9.80 Å². The maximum Gasteiger partial charge on any atom is 0.254 e. The van der Waals surface area contributed by atoms with E-state index in [9.17, 15) is 18.0 Å². The molecule has 27 heavy (non-hydrogen) atoms.